The fourth-order valence-electron chi connectivity index (χ4n) is 2.49. The Balaban J connectivity index is 2.43. The Kier molecular flexibility index (Phi) is 11.1. The number of unbranched alkanes of at least 4 members (excludes halogenated alkanes) is 1. The second-order valence-electron chi connectivity index (χ2n) is 6.58. The van der Waals surface area contributed by atoms with Crippen LogP contribution in [0, 0.1) is 5.82 Å². The molecule has 13 heteroatoms. The Hall–Kier alpha value is -3.22. The average molecular weight is 521 g/mol. The van der Waals surface area contributed by atoms with Gasteiger partial charge in [-0.25, -0.2) is 18.8 Å². The minimum absolute atomic E-state index is 0.00763. The lowest BCUT2D eigenvalue weighted by Gasteiger charge is -2.15. The highest BCUT2D eigenvalue weighted by Gasteiger charge is 2.24. The Morgan fingerprint density at radius 2 is 1.72 bits per heavy atom. The number of halogens is 2. The van der Waals surface area contributed by atoms with E-state index < -0.39 is 60.7 Å². The molecule has 5 N–H and O–H groups in total. The van der Waals surface area contributed by atoms with Crippen molar-refractivity contribution in [2.75, 3.05) is 6.54 Å². The molecule has 176 valence electrons. The third kappa shape index (κ3) is 9.73. The first kappa shape index (κ1) is 26.8. The fraction of sp³-hybridized carbons (Fsp3) is 0.421. The van der Waals surface area contributed by atoms with Crippen molar-refractivity contribution in [3.63, 3.8) is 0 Å². The standard InChI is InChI=1S/C19H22BrFN2O9/c20-10-4-5-11(12(21)9-10)16(26)23-13(17(27)28)3-1-2-8-22-19(31)32-14(18(29)30)6-7-15(24)25/h4-5,9,13-14H,1-3,6-8H2,(H,22,31)(H,23,26)(H,24,25)(H,27,28)(H,29,30)/t13-,14-/m0/s1. The third-order valence-electron chi connectivity index (χ3n) is 4.11. The number of carbonyl (C=O) groups excluding carboxylic acids is 2. The predicted octanol–water partition coefficient (Wildman–Crippen LogP) is 1.99. The molecule has 2 amide bonds. The van der Waals surface area contributed by atoms with Crippen molar-refractivity contribution in [2.24, 2.45) is 0 Å². The molecule has 0 aliphatic heterocycles. The molecule has 0 fully saturated rings. The van der Waals surface area contributed by atoms with Crippen LogP contribution in [0.3, 0.4) is 0 Å². The second kappa shape index (κ2) is 13.2. The summed E-state index contributed by atoms with van der Waals surface area (Å²) in [6.45, 7) is 0.0196. The Morgan fingerprint density at radius 3 is 2.28 bits per heavy atom. The lowest BCUT2D eigenvalue weighted by Crippen LogP contribution is -2.41. The van der Waals surface area contributed by atoms with Crippen LogP contribution in [0.2, 0.25) is 0 Å². The van der Waals surface area contributed by atoms with Gasteiger partial charge in [0.2, 0.25) is 6.10 Å². The van der Waals surface area contributed by atoms with Gasteiger partial charge in [0, 0.05) is 23.9 Å². The number of amides is 2. The van der Waals surface area contributed by atoms with E-state index in [0.717, 1.165) is 6.07 Å². The maximum absolute atomic E-state index is 13.9. The lowest BCUT2D eigenvalue weighted by atomic mass is 10.1. The summed E-state index contributed by atoms with van der Waals surface area (Å²) in [6, 6.07) is 2.44. The highest BCUT2D eigenvalue weighted by Crippen LogP contribution is 2.15. The first-order chi connectivity index (χ1) is 15.0. The van der Waals surface area contributed by atoms with Crippen LogP contribution in [-0.4, -0.2) is 63.9 Å². The molecular weight excluding hydrogens is 499 g/mol. The Labute approximate surface area is 190 Å². The zero-order valence-corrected chi connectivity index (χ0v) is 18.3. The van der Waals surface area contributed by atoms with Crippen LogP contribution in [0.4, 0.5) is 9.18 Å². The lowest BCUT2D eigenvalue weighted by molar-refractivity contribution is -0.148. The predicted molar refractivity (Wildman–Crippen MR) is 110 cm³/mol. The normalized spacial score (nSPS) is 12.3. The zero-order valence-electron chi connectivity index (χ0n) is 16.7. The molecule has 0 aliphatic rings. The van der Waals surface area contributed by atoms with Gasteiger partial charge in [0.1, 0.15) is 11.9 Å². The number of aliphatic carboxylic acids is 3. The number of benzene rings is 1. The molecule has 0 heterocycles. The van der Waals surface area contributed by atoms with E-state index in [4.69, 9.17) is 10.2 Å². The molecule has 0 aliphatic carbocycles. The van der Waals surface area contributed by atoms with Gasteiger partial charge in [-0.2, -0.15) is 0 Å². The summed E-state index contributed by atoms with van der Waals surface area (Å²) in [5.41, 5.74) is -0.306. The van der Waals surface area contributed by atoms with Crippen molar-refractivity contribution in [2.45, 2.75) is 44.2 Å². The first-order valence-corrected chi connectivity index (χ1v) is 10.2. The summed E-state index contributed by atoms with van der Waals surface area (Å²) < 4.78 is 18.9. The average Bonchev–Trinajstić information content (AvgIpc) is 2.69. The number of carboxylic acids is 3. The smallest absolute Gasteiger partial charge is 0.407 e. The molecule has 2 atom stereocenters. The van der Waals surface area contributed by atoms with Crippen LogP contribution in [0.1, 0.15) is 42.5 Å². The Bertz CT molecular complexity index is 865. The molecule has 0 aromatic heterocycles. The summed E-state index contributed by atoms with van der Waals surface area (Å²) in [6.07, 6.45) is -3.04. The third-order valence-corrected chi connectivity index (χ3v) is 4.61. The van der Waals surface area contributed by atoms with E-state index in [1.165, 1.54) is 12.1 Å². The molecule has 32 heavy (non-hydrogen) atoms. The Morgan fingerprint density at radius 1 is 1.03 bits per heavy atom. The molecule has 0 bridgehead atoms. The molecule has 1 rings (SSSR count). The van der Waals surface area contributed by atoms with Gasteiger partial charge in [-0.15, -0.1) is 0 Å². The molecule has 1 aromatic rings. The van der Waals surface area contributed by atoms with Crippen LogP contribution >= 0.6 is 15.9 Å². The monoisotopic (exact) mass is 520 g/mol. The van der Waals surface area contributed by atoms with Crippen molar-refractivity contribution in [1.82, 2.24) is 10.6 Å². The van der Waals surface area contributed by atoms with Crippen LogP contribution in [0.5, 0.6) is 0 Å². The van der Waals surface area contributed by atoms with Gasteiger partial charge in [0.05, 0.1) is 5.56 Å². The molecule has 0 saturated heterocycles. The number of rotatable bonds is 13. The van der Waals surface area contributed by atoms with Gasteiger partial charge in [0.25, 0.3) is 5.91 Å². The number of hydrogen-bond donors (Lipinski definition) is 5. The maximum atomic E-state index is 13.9. The van der Waals surface area contributed by atoms with E-state index in [1.807, 2.05) is 0 Å². The molecular formula is C19H22BrFN2O9. The number of alkyl carbamates (subject to hydrolysis) is 1. The molecule has 0 unspecified atom stereocenters. The molecule has 0 radical (unpaired) electrons. The van der Waals surface area contributed by atoms with Gasteiger partial charge in [-0.3, -0.25) is 9.59 Å². The summed E-state index contributed by atoms with van der Waals surface area (Å²) in [5, 5.41) is 31.3. The highest BCUT2D eigenvalue weighted by atomic mass is 79.9. The van der Waals surface area contributed by atoms with Gasteiger partial charge in [-0.05, 0) is 37.5 Å². The van der Waals surface area contributed by atoms with Crippen molar-refractivity contribution in [1.29, 1.82) is 0 Å². The zero-order chi connectivity index (χ0) is 24.3. The minimum atomic E-state index is -1.61. The van der Waals surface area contributed by atoms with Crippen molar-refractivity contribution >= 4 is 45.8 Å². The van der Waals surface area contributed by atoms with Crippen molar-refractivity contribution in [3.05, 3.63) is 34.1 Å². The van der Waals surface area contributed by atoms with Crippen LogP contribution in [-0.2, 0) is 19.1 Å². The van der Waals surface area contributed by atoms with Gasteiger partial charge >= 0.3 is 24.0 Å². The van der Waals surface area contributed by atoms with Gasteiger partial charge in [0.15, 0.2) is 0 Å². The number of nitrogens with one attached hydrogen (secondary N) is 2. The number of carboxylic acid groups (broad SMARTS) is 3. The summed E-state index contributed by atoms with van der Waals surface area (Å²) in [4.78, 5) is 56.6. The van der Waals surface area contributed by atoms with Gasteiger partial charge < -0.3 is 30.7 Å². The van der Waals surface area contributed by atoms with E-state index >= 15 is 0 Å². The van der Waals surface area contributed by atoms with Crippen LogP contribution < -0.4 is 10.6 Å². The first-order valence-electron chi connectivity index (χ1n) is 9.39. The summed E-state index contributed by atoms with van der Waals surface area (Å²) in [7, 11) is 0. The number of hydrogen-bond acceptors (Lipinski definition) is 6. The largest absolute Gasteiger partial charge is 0.481 e. The topological polar surface area (TPSA) is 179 Å². The molecule has 11 nitrogen and oxygen atoms in total. The van der Waals surface area contributed by atoms with Crippen LogP contribution in [0.25, 0.3) is 0 Å². The SMILES string of the molecule is O=C(O)CC[C@H](OC(=O)NCCCC[C@H](NC(=O)c1ccc(Br)cc1F)C(=O)O)C(=O)O. The van der Waals surface area contributed by atoms with Crippen LogP contribution in [0.15, 0.2) is 22.7 Å². The summed E-state index contributed by atoms with van der Waals surface area (Å²) >= 11 is 3.05. The quantitative estimate of drug-likeness (QED) is 0.243. The number of carbonyl (C=O) groups is 5. The molecule has 1 aromatic carbocycles. The second-order valence-corrected chi connectivity index (χ2v) is 7.49. The fourth-order valence-corrected chi connectivity index (χ4v) is 2.82. The highest BCUT2D eigenvalue weighted by molar-refractivity contribution is 9.10. The van der Waals surface area contributed by atoms with Gasteiger partial charge in [-0.1, -0.05) is 15.9 Å². The van der Waals surface area contributed by atoms with Crippen molar-refractivity contribution in [3.8, 4) is 0 Å². The minimum Gasteiger partial charge on any atom is -0.481 e. The maximum Gasteiger partial charge on any atom is 0.407 e. The van der Waals surface area contributed by atoms with E-state index in [0.29, 0.717) is 4.47 Å². The van der Waals surface area contributed by atoms with Crippen molar-refractivity contribution < 1.29 is 48.4 Å². The number of ether oxygens (including phenoxy) is 1. The molecule has 0 spiro atoms. The van der Waals surface area contributed by atoms with E-state index in [2.05, 4.69) is 31.3 Å². The molecule has 0 saturated carbocycles. The van der Waals surface area contributed by atoms with E-state index in [-0.39, 0.29) is 31.4 Å². The van der Waals surface area contributed by atoms with E-state index in [1.54, 1.807) is 0 Å². The summed E-state index contributed by atoms with van der Waals surface area (Å²) in [5.74, 6) is -5.73. The van der Waals surface area contributed by atoms with E-state index in [9.17, 15) is 33.5 Å².